The van der Waals surface area contributed by atoms with E-state index in [9.17, 15) is 22.8 Å². The van der Waals surface area contributed by atoms with E-state index in [1.807, 2.05) is 0 Å². The third kappa shape index (κ3) is 7.65. The van der Waals surface area contributed by atoms with Crippen LogP contribution in [0.5, 0.6) is 0 Å². The SMILES string of the molecule is CC(C)NC(=O)NC(=O)[C@H](C)OC(=O)c1cccc(S(=O)(=O)NC(C)(C)C)c1. The summed E-state index contributed by atoms with van der Waals surface area (Å²) < 4.78 is 32.3. The van der Waals surface area contributed by atoms with Crippen molar-refractivity contribution in [3.63, 3.8) is 0 Å². The van der Waals surface area contributed by atoms with Crippen molar-refractivity contribution >= 4 is 27.9 Å². The first-order chi connectivity index (χ1) is 12.7. The van der Waals surface area contributed by atoms with Gasteiger partial charge >= 0.3 is 12.0 Å². The van der Waals surface area contributed by atoms with Crippen LogP contribution < -0.4 is 15.4 Å². The molecule has 1 aromatic rings. The van der Waals surface area contributed by atoms with Gasteiger partial charge in [0.25, 0.3) is 5.91 Å². The predicted octanol–water partition coefficient (Wildman–Crippen LogP) is 1.54. The second-order valence-corrected chi connectivity index (χ2v) is 9.23. The number of hydrogen-bond donors (Lipinski definition) is 3. The van der Waals surface area contributed by atoms with Crippen LogP contribution in [0.2, 0.25) is 0 Å². The highest BCUT2D eigenvalue weighted by Crippen LogP contribution is 2.15. The molecule has 1 atom stereocenters. The lowest BCUT2D eigenvalue weighted by Crippen LogP contribution is -2.46. The van der Waals surface area contributed by atoms with E-state index in [1.165, 1.54) is 25.1 Å². The lowest BCUT2D eigenvalue weighted by Gasteiger charge is -2.20. The first-order valence-electron chi connectivity index (χ1n) is 8.67. The predicted molar refractivity (Wildman–Crippen MR) is 103 cm³/mol. The Labute approximate surface area is 165 Å². The number of esters is 1. The number of hydrogen-bond acceptors (Lipinski definition) is 6. The Balaban J connectivity index is 2.85. The van der Waals surface area contributed by atoms with Gasteiger partial charge in [0.15, 0.2) is 6.10 Å². The van der Waals surface area contributed by atoms with Crippen LogP contribution in [0.25, 0.3) is 0 Å². The van der Waals surface area contributed by atoms with Gasteiger partial charge in [-0.2, -0.15) is 0 Å². The number of ether oxygens (including phenoxy) is 1. The van der Waals surface area contributed by atoms with Gasteiger partial charge in [-0.15, -0.1) is 0 Å². The number of amides is 3. The first-order valence-corrected chi connectivity index (χ1v) is 10.2. The van der Waals surface area contributed by atoms with Gasteiger partial charge < -0.3 is 10.1 Å². The molecule has 0 bridgehead atoms. The Morgan fingerprint density at radius 2 is 1.68 bits per heavy atom. The van der Waals surface area contributed by atoms with Crippen molar-refractivity contribution in [1.82, 2.24) is 15.4 Å². The Hall–Kier alpha value is -2.46. The smallest absolute Gasteiger partial charge is 0.338 e. The summed E-state index contributed by atoms with van der Waals surface area (Å²) in [4.78, 5) is 35.6. The molecular formula is C18H27N3O6S. The van der Waals surface area contributed by atoms with Crippen molar-refractivity contribution in [3.05, 3.63) is 29.8 Å². The van der Waals surface area contributed by atoms with Crippen molar-refractivity contribution in [2.75, 3.05) is 0 Å². The molecule has 156 valence electrons. The van der Waals surface area contributed by atoms with Crippen LogP contribution in [-0.2, 0) is 19.6 Å². The standard InChI is InChI=1S/C18H27N3O6S/c1-11(2)19-17(24)20-15(22)12(3)27-16(23)13-8-7-9-14(10-13)28(25,26)21-18(4,5)6/h7-12,21H,1-6H3,(H2,19,20,22,24)/t12-/m0/s1. The molecule has 1 rings (SSSR count). The molecule has 0 aliphatic rings. The van der Waals surface area contributed by atoms with Crippen molar-refractivity contribution in [3.8, 4) is 0 Å². The third-order valence-electron chi connectivity index (χ3n) is 3.13. The number of nitrogens with one attached hydrogen (secondary N) is 3. The monoisotopic (exact) mass is 413 g/mol. The molecular weight excluding hydrogens is 386 g/mol. The molecule has 0 saturated heterocycles. The molecule has 0 aliphatic heterocycles. The summed E-state index contributed by atoms with van der Waals surface area (Å²) in [5.41, 5.74) is -0.735. The minimum atomic E-state index is -3.84. The highest BCUT2D eigenvalue weighted by Gasteiger charge is 2.25. The highest BCUT2D eigenvalue weighted by atomic mass is 32.2. The van der Waals surface area contributed by atoms with Crippen molar-refractivity contribution < 1.29 is 27.5 Å². The van der Waals surface area contributed by atoms with Crippen molar-refractivity contribution in [2.24, 2.45) is 0 Å². The molecule has 0 unspecified atom stereocenters. The highest BCUT2D eigenvalue weighted by molar-refractivity contribution is 7.89. The largest absolute Gasteiger partial charge is 0.449 e. The van der Waals surface area contributed by atoms with Crippen LogP contribution in [0.1, 0.15) is 51.9 Å². The van der Waals surface area contributed by atoms with Gasteiger partial charge in [0, 0.05) is 11.6 Å². The lowest BCUT2D eigenvalue weighted by atomic mass is 10.1. The van der Waals surface area contributed by atoms with Crippen LogP contribution >= 0.6 is 0 Å². The third-order valence-corrected chi connectivity index (χ3v) is 4.89. The molecule has 0 aliphatic carbocycles. The van der Waals surface area contributed by atoms with Crippen LogP contribution in [0.4, 0.5) is 4.79 Å². The quantitative estimate of drug-likeness (QED) is 0.607. The van der Waals surface area contributed by atoms with E-state index in [-0.39, 0.29) is 16.5 Å². The van der Waals surface area contributed by atoms with Gasteiger partial charge in [0.05, 0.1) is 10.5 Å². The molecule has 0 fully saturated rings. The molecule has 0 aromatic heterocycles. The van der Waals surface area contributed by atoms with E-state index in [0.29, 0.717) is 0 Å². The first kappa shape index (κ1) is 23.6. The summed E-state index contributed by atoms with van der Waals surface area (Å²) in [5.74, 6) is -1.69. The number of carbonyl (C=O) groups is 3. The Morgan fingerprint density at radius 3 is 2.21 bits per heavy atom. The topological polar surface area (TPSA) is 131 Å². The summed E-state index contributed by atoms with van der Waals surface area (Å²) in [5, 5.41) is 4.53. The van der Waals surface area contributed by atoms with E-state index in [2.05, 4.69) is 15.4 Å². The van der Waals surface area contributed by atoms with Crippen molar-refractivity contribution in [2.45, 2.75) is 64.1 Å². The van der Waals surface area contributed by atoms with Crippen LogP contribution in [-0.4, -0.2) is 44.0 Å². The van der Waals surface area contributed by atoms with Gasteiger partial charge in [0.1, 0.15) is 0 Å². The molecule has 1 aromatic carbocycles. The summed E-state index contributed by atoms with van der Waals surface area (Å²) >= 11 is 0. The molecule has 10 heteroatoms. The average molecular weight is 413 g/mol. The van der Waals surface area contributed by atoms with E-state index in [4.69, 9.17) is 4.74 Å². The zero-order chi connectivity index (χ0) is 21.7. The number of rotatable bonds is 6. The fraction of sp³-hybridized carbons (Fsp3) is 0.500. The van der Waals surface area contributed by atoms with Crippen LogP contribution in [0, 0.1) is 0 Å². The number of urea groups is 1. The van der Waals surface area contributed by atoms with E-state index in [1.54, 1.807) is 34.6 Å². The molecule has 0 spiro atoms. The molecule has 9 nitrogen and oxygen atoms in total. The summed E-state index contributed by atoms with van der Waals surface area (Å²) in [7, 11) is -3.84. The summed E-state index contributed by atoms with van der Waals surface area (Å²) in [6.45, 7) is 9.83. The van der Waals surface area contributed by atoms with Crippen LogP contribution in [0.15, 0.2) is 29.2 Å². The van der Waals surface area contributed by atoms with Gasteiger partial charge in [-0.1, -0.05) is 6.07 Å². The summed E-state index contributed by atoms with van der Waals surface area (Å²) in [6.07, 6.45) is -1.25. The minimum Gasteiger partial charge on any atom is -0.449 e. The van der Waals surface area contributed by atoms with Gasteiger partial charge in [-0.25, -0.2) is 22.7 Å². The second kappa shape index (κ2) is 9.16. The van der Waals surface area contributed by atoms with E-state index < -0.39 is 39.6 Å². The normalized spacial score (nSPS) is 13.0. The maximum atomic E-state index is 12.4. The zero-order valence-corrected chi connectivity index (χ0v) is 17.6. The zero-order valence-electron chi connectivity index (χ0n) is 16.8. The van der Waals surface area contributed by atoms with E-state index in [0.717, 1.165) is 6.07 Å². The molecule has 0 radical (unpaired) electrons. The van der Waals surface area contributed by atoms with Gasteiger partial charge in [0.2, 0.25) is 10.0 Å². The fourth-order valence-electron chi connectivity index (χ4n) is 2.05. The molecule has 3 N–H and O–H groups in total. The van der Waals surface area contributed by atoms with Crippen LogP contribution in [0.3, 0.4) is 0 Å². The minimum absolute atomic E-state index is 0.0388. The molecule has 28 heavy (non-hydrogen) atoms. The maximum absolute atomic E-state index is 12.4. The van der Waals surface area contributed by atoms with Gasteiger partial charge in [-0.3, -0.25) is 10.1 Å². The van der Waals surface area contributed by atoms with Crippen molar-refractivity contribution in [1.29, 1.82) is 0 Å². The van der Waals surface area contributed by atoms with Gasteiger partial charge in [-0.05, 0) is 59.7 Å². The average Bonchev–Trinajstić information content (AvgIpc) is 2.51. The Kier molecular flexibility index (Phi) is 7.71. The van der Waals surface area contributed by atoms with E-state index >= 15 is 0 Å². The number of sulfonamides is 1. The Bertz CT molecular complexity index is 843. The maximum Gasteiger partial charge on any atom is 0.338 e. The number of carbonyl (C=O) groups excluding carboxylic acids is 3. The molecule has 3 amide bonds. The summed E-state index contributed by atoms with van der Waals surface area (Å²) in [6, 6.07) is 4.40. The molecule has 0 heterocycles. The second-order valence-electron chi connectivity index (χ2n) is 7.55. The molecule has 0 saturated carbocycles. The number of benzene rings is 1. The lowest BCUT2D eigenvalue weighted by molar-refractivity contribution is -0.127. The fourth-order valence-corrected chi connectivity index (χ4v) is 3.51. The number of imide groups is 1. The Morgan fingerprint density at radius 1 is 1.07 bits per heavy atom.